The van der Waals surface area contributed by atoms with Gasteiger partial charge in [0.2, 0.25) is 11.8 Å². The zero-order valence-corrected chi connectivity index (χ0v) is 29.1. The predicted octanol–water partition coefficient (Wildman–Crippen LogP) is 5.34. The number of nitrogens with zero attached hydrogens (tertiary/aromatic N) is 3. The van der Waals surface area contributed by atoms with E-state index in [4.69, 9.17) is 28.9 Å². The Labute approximate surface area is 285 Å². The van der Waals surface area contributed by atoms with Crippen molar-refractivity contribution < 1.29 is 33.3 Å². The Morgan fingerprint density at radius 3 is 2.79 bits per heavy atom. The summed E-state index contributed by atoms with van der Waals surface area (Å²) < 4.78 is 23.4. The maximum Gasteiger partial charge on any atom is 0.332 e. The molecule has 1 saturated heterocycles. The molecule has 0 spiro atoms. The van der Waals surface area contributed by atoms with E-state index in [-0.39, 0.29) is 43.9 Å². The van der Waals surface area contributed by atoms with Gasteiger partial charge in [0.15, 0.2) is 0 Å². The first-order chi connectivity index (χ1) is 23.1. The van der Waals surface area contributed by atoms with Crippen molar-refractivity contribution >= 4 is 40.0 Å². The number of hydrogen-bond donors (Lipinski definition) is 1. The van der Waals surface area contributed by atoms with Gasteiger partial charge in [-0.15, -0.1) is 11.3 Å². The molecule has 1 aliphatic carbocycles. The second-order valence-electron chi connectivity index (χ2n) is 13.0. The van der Waals surface area contributed by atoms with Crippen LogP contribution in [0.15, 0.2) is 35.7 Å². The number of aryl methyl sites for hydroxylation is 1. The molecule has 4 heterocycles. The third kappa shape index (κ3) is 6.78. The first kappa shape index (κ1) is 33.9. The summed E-state index contributed by atoms with van der Waals surface area (Å²) in [5.41, 5.74) is 2.11. The summed E-state index contributed by atoms with van der Waals surface area (Å²) in [4.78, 5) is 52.0. The smallest absolute Gasteiger partial charge is 0.332 e. The van der Waals surface area contributed by atoms with Crippen LogP contribution in [0.4, 0.5) is 0 Å². The topological polar surface area (TPSA) is 129 Å². The molecule has 4 atom stereocenters. The molecule has 2 fully saturated rings. The summed E-state index contributed by atoms with van der Waals surface area (Å²) in [5.74, 6) is 0.244. The molecule has 6 rings (SSSR count). The van der Waals surface area contributed by atoms with E-state index in [9.17, 15) is 14.4 Å². The molecule has 12 heteroatoms. The van der Waals surface area contributed by atoms with E-state index in [1.165, 1.54) is 16.2 Å². The quantitative estimate of drug-likeness (QED) is 0.260. The Bertz CT molecular complexity index is 1720. The molecule has 3 aromatic rings. The number of carbonyl (C=O) groups is 3. The highest BCUT2D eigenvalue weighted by Gasteiger charge is 2.62. The van der Waals surface area contributed by atoms with E-state index < -0.39 is 29.6 Å². The number of thiazole rings is 1. The van der Waals surface area contributed by atoms with Gasteiger partial charge in [-0.25, -0.2) is 14.8 Å². The van der Waals surface area contributed by atoms with Crippen molar-refractivity contribution in [3.63, 3.8) is 0 Å². The molecule has 0 radical (unpaired) electrons. The van der Waals surface area contributed by atoms with Crippen molar-refractivity contribution in [1.82, 2.24) is 20.2 Å². The number of allylic oxidation sites excluding steroid dienone is 1. The monoisotopic (exact) mass is 676 g/mol. The number of methoxy groups -OCH3 is 1. The molecule has 2 aliphatic heterocycles. The normalized spacial score (nSPS) is 25.5. The molecule has 1 saturated carbocycles. The Kier molecular flexibility index (Phi) is 10.0. The molecule has 256 valence electrons. The molecule has 1 aromatic carbocycles. The van der Waals surface area contributed by atoms with Gasteiger partial charge in [-0.1, -0.05) is 26.0 Å². The SMILES string of the molecule is CCOC(=O)[C@@]12C[C@H]1/C=C\CCCCOCC(=O)N1C[C@H](Oc3cc(-c4nc(C(C)C)cs4)nc4c(C)c(OC)ccc34)C[C@H]1C(=O)N2. The lowest BCUT2D eigenvalue weighted by molar-refractivity contribution is -0.150. The average molecular weight is 677 g/mol. The standard InChI is InChI=1S/C36H44N4O7S/c1-6-46-35(43)36-17-23(36)11-9-7-8-10-14-45-19-31(41)40-18-24(15-28(40)33(42)39-36)47-30-16-26(34-38-27(20-48-34)21(2)3)37-32-22(4)29(44-5)13-12-25(30)32/h9,11-13,16,20-21,23-24,28H,6-8,10,14-15,17-19H2,1-5H3,(H,39,42)/b11-9-/t23-,24-,28+,36-/m1/s1. The lowest BCUT2D eigenvalue weighted by Crippen LogP contribution is -2.53. The molecule has 0 bridgehead atoms. The van der Waals surface area contributed by atoms with Gasteiger partial charge in [0.1, 0.15) is 46.5 Å². The summed E-state index contributed by atoms with van der Waals surface area (Å²) in [6.07, 6.45) is 6.75. The van der Waals surface area contributed by atoms with Crippen molar-refractivity contribution in [3.05, 3.63) is 47.0 Å². The van der Waals surface area contributed by atoms with Gasteiger partial charge in [-0.05, 0) is 57.6 Å². The fraction of sp³-hybridized carbons (Fsp3) is 0.528. The van der Waals surface area contributed by atoms with Crippen molar-refractivity contribution in [2.75, 3.05) is 33.5 Å². The van der Waals surface area contributed by atoms with Crippen LogP contribution in [0, 0.1) is 12.8 Å². The van der Waals surface area contributed by atoms with Crippen LogP contribution in [0.3, 0.4) is 0 Å². The van der Waals surface area contributed by atoms with Crippen LogP contribution in [-0.2, 0) is 23.9 Å². The number of nitrogens with one attached hydrogen (secondary N) is 1. The minimum Gasteiger partial charge on any atom is -0.496 e. The lowest BCUT2D eigenvalue weighted by atomic mass is 10.1. The van der Waals surface area contributed by atoms with E-state index in [2.05, 4.69) is 19.2 Å². The van der Waals surface area contributed by atoms with Crippen LogP contribution >= 0.6 is 11.3 Å². The number of benzene rings is 1. The minimum atomic E-state index is -1.14. The number of hydrogen-bond acceptors (Lipinski definition) is 10. The maximum absolute atomic E-state index is 14.0. The fourth-order valence-corrected chi connectivity index (χ4v) is 7.49. The Balaban J connectivity index is 1.32. The number of carbonyl (C=O) groups excluding carboxylic acids is 3. The van der Waals surface area contributed by atoms with Gasteiger partial charge in [-0.3, -0.25) is 9.59 Å². The summed E-state index contributed by atoms with van der Waals surface area (Å²) in [6.45, 7) is 8.61. The van der Waals surface area contributed by atoms with Gasteiger partial charge in [0.05, 0.1) is 31.5 Å². The third-order valence-electron chi connectivity index (χ3n) is 9.38. The highest BCUT2D eigenvalue weighted by molar-refractivity contribution is 7.13. The molecule has 2 amide bonds. The van der Waals surface area contributed by atoms with E-state index in [1.54, 1.807) is 14.0 Å². The molecule has 1 N–H and O–H groups in total. The fourth-order valence-electron chi connectivity index (χ4n) is 6.54. The summed E-state index contributed by atoms with van der Waals surface area (Å²) in [5, 5.41) is 6.61. The molecule has 0 unspecified atom stereocenters. The predicted molar refractivity (Wildman–Crippen MR) is 182 cm³/mol. The van der Waals surface area contributed by atoms with Gasteiger partial charge in [0, 0.05) is 41.3 Å². The lowest BCUT2D eigenvalue weighted by Gasteiger charge is -2.26. The van der Waals surface area contributed by atoms with Crippen LogP contribution in [0.1, 0.15) is 70.1 Å². The highest BCUT2D eigenvalue weighted by Crippen LogP contribution is 2.46. The maximum atomic E-state index is 14.0. The molecule has 48 heavy (non-hydrogen) atoms. The van der Waals surface area contributed by atoms with Crippen molar-refractivity contribution in [2.45, 2.75) is 83.4 Å². The third-order valence-corrected chi connectivity index (χ3v) is 10.3. The Morgan fingerprint density at radius 2 is 2.04 bits per heavy atom. The zero-order valence-electron chi connectivity index (χ0n) is 28.2. The molecular weight excluding hydrogens is 632 g/mol. The summed E-state index contributed by atoms with van der Waals surface area (Å²) >= 11 is 1.53. The second-order valence-corrected chi connectivity index (χ2v) is 13.9. The van der Waals surface area contributed by atoms with E-state index in [0.29, 0.717) is 30.2 Å². The molecule has 3 aliphatic rings. The van der Waals surface area contributed by atoms with Crippen molar-refractivity contribution in [2.24, 2.45) is 5.92 Å². The molecular formula is C36H44N4O7S. The number of pyridine rings is 1. The first-order valence-electron chi connectivity index (χ1n) is 16.8. The number of rotatable bonds is 7. The van der Waals surface area contributed by atoms with E-state index in [0.717, 1.165) is 46.4 Å². The van der Waals surface area contributed by atoms with Gasteiger partial charge < -0.3 is 29.2 Å². The van der Waals surface area contributed by atoms with Crippen LogP contribution in [0.2, 0.25) is 0 Å². The van der Waals surface area contributed by atoms with Crippen molar-refractivity contribution in [1.29, 1.82) is 0 Å². The van der Waals surface area contributed by atoms with Crippen LogP contribution in [-0.4, -0.2) is 83.8 Å². The number of esters is 1. The average Bonchev–Trinajstić information content (AvgIpc) is 3.38. The zero-order chi connectivity index (χ0) is 34.0. The first-order valence-corrected chi connectivity index (χ1v) is 17.7. The van der Waals surface area contributed by atoms with E-state index in [1.807, 2.05) is 42.7 Å². The minimum absolute atomic E-state index is 0.137. The van der Waals surface area contributed by atoms with Crippen LogP contribution in [0.25, 0.3) is 21.6 Å². The summed E-state index contributed by atoms with van der Waals surface area (Å²) in [6, 6.07) is 4.83. The van der Waals surface area contributed by atoms with Gasteiger partial charge in [-0.2, -0.15) is 0 Å². The number of aromatic nitrogens is 2. The Morgan fingerprint density at radius 1 is 1.21 bits per heavy atom. The summed E-state index contributed by atoms with van der Waals surface area (Å²) in [7, 11) is 1.63. The van der Waals surface area contributed by atoms with E-state index >= 15 is 0 Å². The highest BCUT2D eigenvalue weighted by atomic mass is 32.1. The molecule has 11 nitrogen and oxygen atoms in total. The Hall–Kier alpha value is -4.03. The second kappa shape index (κ2) is 14.2. The number of amides is 2. The number of ether oxygens (including phenoxy) is 4. The van der Waals surface area contributed by atoms with Gasteiger partial charge in [0.25, 0.3) is 0 Å². The largest absolute Gasteiger partial charge is 0.496 e. The van der Waals surface area contributed by atoms with Crippen molar-refractivity contribution in [3.8, 4) is 22.2 Å². The number of fused-ring (bicyclic) bond motifs is 3. The molecule has 2 aromatic heterocycles. The van der Waals surface area contributed by atoms with Crippen LogP contribution in [0.5, 0.6) is 11.5 Å². The van der Waals surface area contributed by atoms with Crippen LogP contribution < -0.4 is 14.8 Å². The van der Waals surface area contributed by atoms with Gasteiger partial charge >= 0.3 is 5.97 Å².